The molecule has 5 rings (SSSR count). The highest BCUT2D eigenvalue weighted by atomic mass is 32.2. The van der Waals surface area contributed by atoms with E-state index in [9.17, 15) is 15.2 Å². The summed E-state index contributed by atoms with van der Waals surface area (Å²) in [6, 6.07) is 30.7. The smallest absolute Gasteiger partial charge is 0.346 e. The van der Waals surface area contributed by atoms with Gasteiger partial charge in [-0.2, -0.15) is 5.26 Å². The molecule has 0 unspecified atom stereocenters. The monoisotopic (exact) mass is 702 g/mol. The van der Waals surface area contributed by atoms with Crippen LogP contribution in [-0.2, 0) is 4.79 Å². The van der Waals surface area contributed by atoms with Gasteiger partial charge in [-0.05, 0) is 96.3 Å². The molecule has 4 aromatic rings. The molecule has 0 aliphatic carbocycles. The molecule has 0 saturated carbocycles. The van der Waals surface area contributed by atoms with Crippen molar-refractivity contribution in [3.05, 3.63) is 96.1 Å². The Morgan fingerprint density at radius 1 is 0.686 bits per heavy atom. The number of hydrogen-bond donors (Lipinski definition) is 1. The molecule has 0 bridgehead atoms. The van der Waals surface area contributed by atoms with E-state index in [2.05, 4.69) is 61.2 Å². The summed E-state index contributed by atoms with van der Waals surface area (Å²) in [4.78, 5) is 15.8. The number of anilines is 3. The van der Waals surface area contributed by atoms with Crippen molar-refractivity contribution < 1.29 is 19.4 Å². The van der Waals surface area contributed by atoms with E-state index < -0.39 is 5.97 Å². The Labute approximate surface area is 308 Å². The molecule has 0 saturated heterocycles. The highest BCUT2D eigenvalue weighted by molar-refractivity contribution is 7.99. The molecule has 0 fully saturated rings. The van der Waals surface area contributed by atoms with Crippen LogP contribution in [0.1, 0.15) is 96.5 Å². The summed E-state index contributed by atoms with van der Waals surface area (Å²) in [7, 11) is 0. The number of nitriles is 1. The fraction of sp³-hybridized carbons (Fsp3) is 0.364. The minimum atomic E-state index is -1.24. The Bertz CT molecular complexity index is 1790. The maximum absolute atomic E-state index is 11.6. The first-order valence-corrected chi connectivity index (χ1v) is 19.4. The molecule has 0 aromatic heterocycles. The predicted octanol–water partition coefficient (Wildman–Crippen LogP) is 12.8. The van der Waals surface area contributed by atoms with Crippen molar-refractivity contribution in [1.29, 1.82) is 5.26 Å². The molecule has 51 heavy (non-hydrogen) atoms. The van der Waals surface area contributed by atoms with E-state index in [1.807, 2.05) is 42.5 Å². The third kappa shape index (κ3) is 10.7. The van der Waals surface area contributed by atoms with E-state index in [0.717, 1.165) is 68.9 Å². The number of hydrogen-bond acceptors (Lipinski definition) is 6. The number of ether oxygens (including phenoxy) is 2. The summed E-state index contributed by atoms with van der Waals surface area (Å²) in [5.74, 6) is 0.502. The lowest BCUT2D eigenvalue weighted by Gasteiger charge is -2.33. The highest BCUT2D eigenvalue weighted by Gasteiger charge is 2.26. The lowest BCUT2D eigenvalue weighted by atomic mass is 10.0. The predicted molar refractivity (Wildman–Crippen MR) is 210 cm³/mol. The minimum absolute atomic E-state index is 0.300. The Morgan fingerprint density at radius 3 is 1.76 bits per heavy atom. The summed E-state index contributed by atoms with van der Waals surface area (Å²) < 4.78 is 12.1. The summed E-state index contributed by atoms with van der Waals surface area (Å²) in [6.07, 6.45) is 16.2. The summed E-state index contributed by atoms with van der Waals surface area (Å²) in [5, 5.41) is 18.8. The van der Waals surface area contributed by atoms with E-state index >= 15 is 0 Å². The molecule has 1 aliphatic heterocycles. The second kappa shape index (κ2) is 19.7. The maximum Gasteiger partial charge on any atom is 0.346 e. The van der Waals surface area contributed by atoms with Crippen LogP contribution < -0.4 is 14.4 Å². The molecule has 266 valence electrons. The van der Waals surface area contributed by atoms with Gasteiger partial charge in [0.05, 0.1) is 24.6 Å². The maximum atomic E-state index is 11.6. The van der Waals surface area contributed by atoms with Gasteiger partial charge < -0.3 is 19.5 Å². The van der Waals surface area contributed by atoms with Gasteiger partial charge in [0.2, 0.25) is 0 Å². The molecule has 0 atom stereocenters. The van der Waals surface area contributed by atoms with E-state index in [-0.39, 0.29) is 5.57 Å². The zero-order valence-corrected chi connectivity index (χ0v) is 30.9. The third-order valence-electron chi connectivity index (χ3n) is 9.12. The summed E-state index contributed by atoms with van der Waals surface area (Å²) in [5.41, 5.74) is 5.60. The Hall–Kier alpha value is -4.67. The molecule has 7 heteroatoms. The van der Waals surface area contributed by atoms with Crippen LogP contribution in [0.4, 0.5) is 17.1 Å². The second-order valence-corrected chi connectivity index (χ2v) is 14.2. The van der Waals surface area contributed by atoms with Crippen LogP contribution >= 0.6 is 11.8 Å². The van der Waals surface area contributed by atoms with Gasteiger partial charge in [-0.25, -0.2) is 4.79 Å². The number of unbranched alkanes of at least 4 members (excludes halogenated alkanes) is 10. The third-order valence-corrected chi connectivity index (χ3v) is 10.2. The molecule has 1 N–H and O–H groups in total. The molecular formula is C44H50N2O4S. The van der Waals surface area contributed by atoms with Crippen molar-refractivity contribution in [2.75, 3.05) is 18.1 Å². The van der Waals surface area contributed by atoms with E-state index in [4.69, 9.17) is 9.47 Å². The second-order valence-electron chi connectivity index (χ2n) is 13.1. The van der Waals surface area contributed by atoms with Crippen molar-refractivity contribution >= 4 is 40.9 Å². The molecule has 1 heterocycles. The molecule has 0 radical (unpaired) electrons. The molecule has 4 aromatic carbocycles. The minimum Gasteiger partial charge on any atom is -0.494 e. The lowest BCUT2D eigenvalue weighted by molar-refractivity contribution is -0.132. The quantitative estimate of drug-likeness (QED) is 0.0491. The van der Waals surface area contributed by atoms with E-state index in [1.165, 1.54) is 70.3 Å². The van der Waals surface area contributed by atoms with Gasteiger partial charge in [0.1, 0.15) is 23.1 Å². The number of carboxylic acids is 1. The summed E-state index contributed by atoms with van der Waals surface area (Å²) >= 11 is 1.64. The van der Waals surface area contributed by atoms with Crippen molar-refractivity contribution in [2.24, 2.45) is 0 Å². The average molecular weight is 703 g/mol. The molecule has 1 aliphatic rings. The van der Waals surface area contributed by atoms with E-state index in [0.29, 0.717) is 12.2 Å². The molecule has 0 amide bonds. The standard InChI is InChI=1S/C44H50N2O4S/c1-3-5-7-9-11-13-27-49-38-21-16-34(17-22-38)35-18-26-41-43(31-35)51-42-30-33(29-36(32-45)44(47)48)15-25-40(42)46(41)37-19-23-39(24-20-37)50-28-14-12-10-8-6-4-2/h15-26,29-31H,3-14,27-28H2,1-2H3,(H,47,48)/b36-29-. The number of nitrogens with zero attached hydrogens (tertiary/aromatic N) is 2. The van der Waals surface area contributed by atoms with E-state index in [1.54, 1.807) is 17.8 Å². The average Bonchev–Trinajstić information content (AvgIpc) is 3.15. The summed E-state index contributed by atoms with van der Waals surface area (Å²) in [6.45, 7) is 5.93. The Kier molecular flexibility index (Phi) is 14.5. The van der Waals surface area contributed by atoms with Gasteiger partial charge in [0.25, 0.3) is 0 Å². The van der Waals surface area contributed by atoms with Crippen LogP contribution in [0.25, 0.3) is 17.2 Å². The van der Waals surface area contributed by atoms with Crippen LogP contribution in [0.3, 0.4) is 0 Å². The van der Waals surface area contributed by atoms with Crippen LogP contribution in [0, 0.1) is 11.3 Å². The van der Waals surface area contributed by atoms with Crippen molar-refractivity contribution in [3.63, 3.8) is 0 Å². The highest BCUT2D eigenvalue weighted by Crippen LogP contribution is 2.52. The van der Waals surface area contributed by atoms with Crippen LogP contribution in [-0.4, -0.2) is 24.3 Å². The lowest BCUT2D eigenvalue weighted by Crippen LogP contribution is -2.15. The number of carbonyl (C=O) groups is 1. The zero-order valence-electron chi connectivity index (χ0n) is 30.0. The molecular weight excluding hydrogens is 653 g/mol. The number of benzene rings is 4. The van der Waals surface area contributed by atoms with Gasteiger partial charge in [-0.3, -0.25) is 0 Å². The van der Waals surface area contributed by atoms with Crippen molar-refractivity contribution in [2.45, 2.75) is 101 Å². The van der Waals surface area contributed by atoms with Crippen LogP contribution in [0.15, 0.2) is 100 Å². The molecule has 6 nitrogen and oxygen atoms in total. The van der Waals surface area contributed by atoms with Gasteiger partial charge >= 0.3 is 5.97 Å². The van der Waals surface area contributed by atoms with Crippen molar-refractivity contribution in [3.8, 4) is 28.7 Å². The number of fused-ring (bicyclic) bond motifs is 2. The first-order chi connectivity index (χ1) is 25.0. The topological polar surface area (TPSA) is 82.8 Å². The fourth-order valence-electron chi connectivity index (χ4n) is 6.26. The first kappa shape index (κ1) is 37.6. The van der Waals surface area contributed by atoms with Gasteiger partial charge in [0.15, 0.2) is 0 Å². The van der Waals surface area contributed by atoms with Gasteiger partial charge in [-0.1, -0.05) is 114 Å². The zero-order chi connectivity index (χ0) is 35.8. The van der Waals surface area contributed by atoms with Gasteiger partial charge in [-0.15, -0.1) is 0 Å². The number of aliphatic carboxylic acids is 1. The van der Waals surface area contributed by atoms with Gasteiger partial charge in [0, 0.05) is 15.5 Å². The molecule has 0 spiro atoms. The normalized spacial score (nSPS) is 12.2. The fourth-order valence-corrected chi connectivity index (χ4v) is 7.41. The Balaban J connectivity index is 1.35. The SMILES string of the molecule is CCCCCCCCOc1ccc(-c2ccc3c(c2)Sc2cc(/C=C(/C#N)C(=O)O)ccc2N3c2ccc(OCCCCCCCC)cc2)cc1. The van der Waals surface area contributed by atoms with Crippen molar-refractivity contribution in [1.82, 2.24) is 0 Å². The largest absolute Gasteiger partial charge is 0.494 e. The number of carboxylic acid groups (broad SMARTS) is 1. The first-order valence-electron chi connectivity index (χ1n) is 18.6. The number of rotatable bonds is 20. The van der Waals surface area contributed by atoms with Crippen LogP contribution in [0.5, 0.6) is 11.5 Å². The Morgan fingerprint density at radius 2 is 1.20 bits per heavy atom. The van der Waals surface area contributed by atoms with Crippen LogP contribution in [0.2, 0.25) is 0 Å².